The van der Waals surface area contributed by atoms with Gasteiger partial charge in [-0.2, -0.15) is 4.31 Å². The van der Waals surface area contributed by atoms with Crippen molar-refractivity contribution < 1.29 is 22.4 Å². The molecule has 8 nitrogen and oxygen atoms in total. The van der Waals surface area contributed by atoms with Crippen LogP contribution in [0.4, 0.5) is 0 Å². The van der Waals surface area contributed by atoms with E-state index in [-0.39, 0.29) is 17.3 Å². The van der Waals surface area contributed by atoms with E-state index in [4.69, 9.17) is 9.15 Å². The minimum Gasteiger partial charge on any atom is -0.463 e. The molecule has 1 aliphatic rings. The lowest BCUT2D eigenvalue weighted by atomic mass is 10.1. The van der Waals surface area contributed by atoms with Crippen LogP contribution in [0.15, 0.2) is 82.3 Å². The van der Waals surface area contributed by atoms with Crippen molar-refractivity contribution in [2.45, 2.75) is 11.4 Å². The zero-order valence-electron chi connectivity index (χ0n) is 18.3. The second-order valence-electron chi connectivity index (χ2n) is 7.89. The number of nitrogens with zero attached hydrogens (tertiary/aromatic N) is 2. The van der Waals surface area contributed by atoms with E-state index in [9.17, 15) is 13.2 Å². The number of furan rings is 1. The number of carbonyl (C=O) groups excluding carboxylic acids is 1. The number of pyridine rings is 1. The maximum atomic E-state index is 13.1. The second kappa shape index (κ2) is 9.38. The van der Waals surface area contributed by atoms with Crippen LogP contribution in [0.25, 0.3) is 22.4 Å². The summed E-state index contributed by atoms with van der Waals surface area (Å²) in [5.74, 6) is 0.327. The van der Waals surface area contributed by atoms with Crippen LogP contribution < -0.4 is 5.32 Å². The molecule has 0 radical (unpaired) electrons. The van der Waals surface area contributed by atoms with Crippen LogP contribution in [0.3, 0.4) is 0 Å². The Hall–Kier alpha value is -3.53. The van der Waals surface area contributed by atoms with E-state index in [0.717, 1.165) is 10.9 Å². The highest BCUT2D eigenvalue weighted by Gasteiger charge is 2.26. The van der Waals surface area contributed by atoms with Gasteiger partial charge in [0.05, 0.1) is 35.5 Å². The van der Waals surface area contributed by atoms with Crippen LogP contribution in [0.5, 0.6) is 0 Å². The standard InChI is InChI=1S/C25H23N3O5S/c29-25(21-16-23(24-6-3-13-33-24)27-22-5-2-1-4-20(21)22)26-17-18-7-9-19(10-8-18)34(30,31)28-11-14-32-15-12-28/h1-10,13,16H,11-12,14-15,17H2,(H,26,29). The zero-order valence-corrected chi connectivity index (χ0v) is 19.1. The highest BCUT2D eigenvalue weighted by molar-refractivity contribution is 7.89. The summed E-state index contributed by atoms with van der Waals surface area (Å²) in [4.78, 5) is 17.9. The van der Waals surface area contributed by atoms with Gasteiger partial charge in [0.2, 0.25) is 10.0 Å². The molecule has 1 fully saturated rings. The van der Waals surface area contributed by atoms with Crippen LogP contribution in [0.2, 0.25) is 0 Å². The van der Waals surface area contributed by atoms with Gasteiger partial charge in [0.1, 0.15) is 5.69 Å². The summed E-state index contributed by atoms with van der Waals surface area (Å²) < 4.78 is 37.7. The quantitative estimate of drug-likeness (QED) is 0.457. The summed E-state index contributed by atoms with van der Waals surface area (Å²) >= 11 is 0. The third-order valence-electron chi connectivity index (χ3n) is 5.72. The Labute approximate surface area is 197 Å². The number of rotatable bonds is 6. The van der Waals surface area contributed by atoms with Crippen molar-refractivity contribution in [1.82, 2.24) is 14.6 Å². The predicted molar refractivity (Wildman–Crippen MR) is 127 cm³/mol. The summed E-state index contributed by atoms with van der Waals surface area (Å²) in [6.07, 6.45) is 1.56. The number of benzene rings is 2. The van der Waals surface area contributed by atoms with Gasteiger partial charge in [0.25, 0.3) is 5.91 Å². The Bertz CT molecular complexity index is 1410. The van der Waals surface area contributed by atoms with Crippen molar-refractivity contribution in [2.75, 3.05) is 26.3 Å². The van der Waals surface area contributed by atoms with Crippen molar-refractivity contribution in [2.24, 2.45) is 0 Å². The molecule has 174 valence electrons. The molecule has 3 heterocycles. The normalized spacial score (nSPS) is 14.8. The molecular formula is C25H23N3O5S. The minimum atomic E-state index is -3.55. The Morgan fingerprint density at radius 3 is 2.50 bits per heavy atom. The molecule has 0 saturated carbocycles. The van der Waals surface area contributed by atoms with Crippen LogP contribution in [-0.4, -0.2) is 49.9 Å². The van der Waals surface area contributed by atoms with Crippen LogP contribution in [0.1, 0.15) is 15.9 Å². The molecule has 2 aromatic carbocycles. The third-order valence-corrected chi connectivity index (χ3v) is 7.63. The van der Waals surface area contributed by atoms with Gasteiger partial charge in [-0.25, -0.2) is 13.4 Å². The molecule has 34 heavy (non-hydrogen) atoms. The molecule has 1 N–H and O–H groups in total. The Morgan fingerprint density at radius 2 is 1.76 bits per heavy atom. The number of fused-ring (bicyclic) bond motifs is 1. The predicted octanol–water partition coefficient (Wildman–Crippen LogP) is 3.45. The summed E-state index contributed by atoms with van der Waals surface area (Å²) in [6.45, 7) is 1.74. The monoisotopic (exact) mass is 477 g/mol. The van der Waals surface area contributed by atoms with E-state index in [1.54, 1.807) is 48.7 Å². The SMILES string of the molecule is O=C(NCc1ccc(S(=O)(=O)N2CCOCC2)cc1)c1cc(-c2ccco2)nc2ccccc12. The number of aromatic nitrogens is 1. The van der Waals surface area contributed by atoms with E-state index in [1.165, 1.54) is 4.31 Å². The topological polar surface area (TPSA) is 102 Å². The molecule has 0 atom stereocenters. The van der Waals surface area contributed by atoms with Crippen molar-refractivity contribution in [3.8, 4) is 11.5 Å². The van der Waals surface area contributed by atoms with Gasteiger partial charge in [-0.3, -0.25) is 4.79 Å². The molecule has 1 saturated heterocycles. The first kappa shape index (κ1) is 22.3. The van der Waals surface area contributed by atoms with Crippen LogP contribution >= 0.6 is 0 Å². The number of morpholine rings is 1. The molecule has 5 rings (SSSR count). The highest BCUT2D eigenvalue weighted by Crippen LogP contribution is 2.25. The maximum absolute atomic E-state index is 13.1. The molecule has 0 aliphatic carbocycles. The van der Waals surface area contributed by atoms with E-state index < -0.39 is 10.0 Å². The minimum absolute atomic E-state index is 0.229. The van der Waals surface area contributed by atoms with Gasteiger partial charge in [-0.15, -0.1) is 0 Å². The smallest absolute Gasteiger partial charge is 0.252 e. The number of carbonyl (C=O) groups is 1. The Morgan fingerprint density at radius 1 is 1.00 bits per heavy atom. The van der Waals surface area contributed by atoms with E-state index >= 15 is 0 Å². The summed E-state index contributed by atoms with van der Waals surface area (Å²) in [6, 6.07) is 19.3. The third kappa shape index (κ3) is 4.45. The molecule has 1 aliphatic heterocycles. The van der Waals surface area contributed by atoms with Crippen molar-refractivity contribution in [3.63, 3.8) is 0 Å². The largest absolute Gasteiger partial charge is 0.463 e. The Kier molecular flexibility index (Phi) is 6.14. The molecule has 0 bridgehead atoms. The lowest BCUT2D eigenvalue weighted by Crippen LogP contribution is -2.40. The lowest BCUT2D eigenvalue weighted by molar-refractivity contribution is 0.0730. The average Bonchev–Trinajstić information content (AvgIpc) is 3.42. The lowest BCUT2D eigenvalue weighted by Gasteiger charge is -2.26. The van der Waals surface area contributed by atoms with Gasteiger partial charge in [-0.1, -0.05) is 30.3 Å². The van der Waals surface area contributed by atoms with Gasteiger partial charge < -0.3 is 14.5 Å². The van der Waals surface area contributed by atoms with E-state index in [1.807, 2.05) is 24.3 Å². The number of hydrogen-bond donors (Lipinski definition) is 1. The van der Waals surface area contributed by atoms with E-state index in [2.05, 4.69) is 10.3 Å². The zero-order chi connectivity index (χ0) is 23.5. The highest BCUT2D eigenvalue weighted by atomic mass is 32.2. The number of para-hydroxylation sites is 1. The van der Waals surface area contributed by atoms with Crippen molar-refractivity contribution in [3.05, 3.63) is 84.1 Å². The van der Waals surface area contributed by atoms with Crippen molar-refractivity contribution >= 4 is 26.8 Å². The van der Waals surface area contributed by atoms with Crippen LogP contribution in [0, 0.1) is 0 Å². The first-order chi connectivity index (χ1) is 16.5. The number of sulfonamides is 1. The first-order valence-corrected chi connectivity index (χ1v) is 12.3. The van der Waals surface area contributed by atoms with Crippen LogP contribution in [-0.2, 0) is 21.3 Å². The fourth-order valence-corrected chi connectivity index (χ4v) is 5.31. The van der Waals surface area contributed by atoms with Gasteiger partial charge in [-0.05, 0) is 42.0 Å². The van der Waals surface area contributed by atoms with Gasteiger partial charge in [0, 0.05) is 25.0 Å². The first-order valence-electron chi connectivity index (χ1n) is 10.9. The number of nitrogens with one attached hydrogen (secondary N) is 1. The molecule has 0 spiro atoms. The fourth-order valence-electron chi connectivity index (χ4n) is 3.91. The van der Waals surface area contributed by atoms with Crippen molar-refractivity contribution in [1.29, 1.82) is 0 Å². The van der Waals surface area contributed by atoms with E-state index in [0.29, 0.717) is 48.8 Å². The number of amides is 1. The molecule has 9 heteroatoms. The molecule has 2 aromatic heterocycles. The number of ether oxygens (including phenoxy) is 1. The van der Waals surface area contributed by atoms with Gasteiger partial charge in [0.15, 0.2) is 5.76 Å². The molecule has 1 amide bonds. The van der Waals surface area contributed by atoms with Gasteiger partial charge >= 0.3 is 0 Å². The number of hydrogen-bond acceptors (Lipinski definition) is 6. The molecular weight excluding hydrogens is 454 g/mol. The maximum Gasteiger partial charge on any atom is 0.252 e. The average molecular weight is 478 g/mol. The summed E-state index contributed by atoms with van der Waals surface area (Å²) in [7, 11) is -3.55. The fraction of sp³-hybridized carbons (Fsp3) is 0.200. The second-order valence-corrected chi connectivity index (χ2v) is 9.83. The summed E-state index contributed by atoms with van der Waals surface area (Å²) in [5.41, 5.74) is 2.55. The molecule has 4 aromatic rings. The summed E-state index contributed by atoms with van der Waals surface area (Å²) in [5, 5.41) is 3.67. The Balaban J connectivity index is 1.34. The molecule has 0 unspecified atom stereocenters.